The van der Waals surface area contributed by atoms with Gasteiger partial charge >= 0.3 is 0 Å². The molecule has 9 nitrogen and oxygen atoms in total. The fraction of sp³-hybridized carbons (Fsp3) is 0.360. The highest BCUT2D eigenvalue weighted by molar-refractivity contribution is 5.92. The number of hydrogen-bond donors (Lipinski definition) is 0. The molecule has 1 amide bonds. The molecule has 0 spiro atoms. The van der Waals surface area contributed by atoms with Gasteiger partial charge in [0.25, 0.3) is 5.91 Å². The number of piperidine rings is 1. The largest absolute Gasteiger partial charge is 0.497 e. The number of likely N-dealkylation sites (tertiary alicyclic amines) is 1. The van der Waals surface area contributed by atoms with Gasteiger partial charge in [0.1, 0.15) is 23.2 Å². The molecule has 1 aromatic carbocycles. The Morgan fingerprint density at radius 3 is 2.97 bits per heavy atom. The van der Waals surface area contributed by atoms with E-state index in [9.17, 15) is 4.79 Å². The van der Waals surface area contributed by atoms with Gasteiger partial charge in [-0.25, -0.2) is 4.98 Å². The number of aromatic nitrogens is 4. The third kappa shape index (κ3) is 4.46. The van der Waals surface area contributed by atoms with E-state index in [1.165, 1.54) is 0 Å². The lowest BCUT2D eigenvalue weighted by Crippen LogP contribution is -2.38. The molecule has 1 unspecified atom stereocenters. The lowest BCUT2D eigenvalue weighted by atomic mass is 10.0. The molecular formula is C25H27N5O4. The van der Waals surface area contributed by atoms with Crippen molar-refractivity contribution in [3.63, 3.8) is 0 Å². The van der Waals surface area contributed by atoms with Crippen LogP contribution >= 0.6 is 0 Å². The van der Waals surface area contributed by atoms with E-state index in [4.69, 9.17) is 13.7 Å². The second-order valence-corrected chi connectivity index (χ2v) is 8.36. The molecule has 5 rings (SSSR count). The molecule has 0 aliphatic carbocycles. The highest BCUT2D eigenvalue weighted by atomic mass is 16.5. The fourth-order valence-corrected chi connectivity index (χ4v) is 4.30. The molecule has 176 valence electrons. The van der Waals surface area contributed by atoms with Crippen LogP contribution in [0.3, 0.4) is 0 Å². The van der Waals surface area contributed by atoms with Crippen molar-refractivity contribution in [1.29, 1.82) is 0 Å². The molecule has 0 bridgehead atoms. The number of amides is 1. The summed E-state index contributed by atoms with van der Waals surface area (Å²) in [6.07, 6.45) is 8.65. The smallest absolute Gasteiger partial charge is 0.293 e. The van der Waals surface area contributed by atoms with Crippen molar-refractivity contribution in [1.82, 2.24) is 24.8 Å². The van der Waals surface area contributed by atoms with Crippen LogP contribution in [0.25, 0.3) is 11.3 Å². The van der Waals surface area contributed by atoms with Crippen molar-refractivity contribution in [2.75, 3.05) is 13.7 Å². The van der Waals surface area contributed by atoms with Crippen LogP contribution in [0.15, 0.2) is 57.9 Å². The van der Waals surface area contributed by atoms with Gasteiger partial charge in [0.15, 0.2) is 0 Å². The van der Waals surface area contributed by atoms with E-state index in [1.54, 1.807) is 35.2 Å². The molecule has 0 N–H and O–H groups in total. The van der Waals surface area contributed by atoms with Crippen LogP contribution in [0.1, 0.15) is 60.0 Å². The third-order valence-electron chi connectivity index (χ3n) is 6.11. The number of carbonyl (C=O) groups is 1. The molecule has 4 aromatic rings. The van der Waals surface area contributed by atoms with Crippen molar-refractivity contribution >= 4 is 5.91 Å². The van der Waals surface area contributed by atoms with Crippen LogP contribution in [0.5, 0.6) is 5.75 Å². The van der Waals surface area contributed by atoms with Crippen LogP contribution in [0.4, 0.5) is 0 Å². The maximum atomic E-state index is 13.3. The van der Waals surface area contributed by atoms with Crippen molar-refractivity contribution in [2.45, 2.75) is 45.2 Å². The Kier molecular flexibility index (Phi) is 6.16. The molecule has 0 saturated carbocycles. The monoisotopic (exact) mass is 461 g/mol. The van der Waals surface area contributed by atoms with Gasteiger partial charge in [-0.2, -0.15) is 5.10 Å². The molecule has 1 saturated heterocycles. The van der Waals surface area contributed by atoms with E-state index in [0.29, 0.717) is 24.6 Å². The molecular weight excluding hydrogens is 434 g/mol. The first kappa shape index (κ1) is 21.9. The summed E-state index contributed by atoms with van der Waals surface area (Å²) in [5.41, 5.74) is 2.47. The zero-order valence-electron chi connectivity index (χ0n) is 19.3. The number of ether oxygens (including phenoxy) is 1. The number of hydrogen-bond acceptors (Lipinski definition) is 7. The summed E-state index contributed by atoms with van der Waals surface area (Å²) in [5.74, 6) is 2.09. The summed E-state index contributed by atoms with van der Waals surface area (Å²) in [7, 11) is 1.65. The second kappa shape index (κ2) is 9.54. The Morgan fingerprint density at radius 2 is 2.15 bits per heavy atom. The highest BCUT2D eigenvalue weighted by Crippen LogP contribution is 2.33. The van der Waals surface area contributed by atoms with Crippen LogP contribution in [0, 0.1) is 0 Å². The second-order valence-electron chi connectivity index (χ2n) is 8.36. The van der Waals surface area contributed by atoms with Crippen LogP contribution < -0.4 is 4.74 Å². The number of carbonyl (C=O) groups excluding carboxylic acids is 1. The number of rotatable bonds is 7. The van der Waals surface area contributed by atoms with E-state index in [1.807, 2.05) is 37.4 Å². The molecule has 34 heavy (non-hydrogen) atoms. The summed E-state index contributed by atoms with van der Waals surface area (Å²) in [6, 6.07) is 9.29. The van der Waals surface area contributed by atoms with Crippen LogP contribution in [0.2, 0.25) is 0 Å². The normalized spacial score (nSPS) is 16.1. The predicted octanol–water partition coefficient (Wildman–Crippen LogP) is 4.51. The number of benzene rings is 1. The number of aryl methyl sites for hydroxylation is 1. The van der Waals surface area contributed by atoms with Gasteiger partial charge in [0.2, 0.25) is 11.7 Å². The maximum Gasteiger partial charge on any atom is 0.293 e. The van der Waals surface area contributed by atoms with Gasteiger partial charge in [0.05, 0.1) is 19.5 Å². The molecule has 1 aliphatic rings. The number of oxazole rings is 1. The average molecular weight is 462 g/mol. The van der Waals surface area contributed by atoms with Gasteiger partial charge in [-0.1, -0.05) is 17.3 Å². The summed E-state index contributed by atoms with van der Waals surface area (Å²) in [5, 5.41) is 8.35. The molecule has 1 aliphatic heterocycles. The molecule has 3 aromatic heterocycles. The van der Waals surface area contributed by atoms with Crippen LogP contribution in [-0.4, -0.2) is 44.4 Å². The fourth-order valence-electron chi connectivity index (χ4n) is 4.30. The van der Waals surface area contributed by atoms with E-state index in [-0.39, 0.29) is 17.7 Å². The zero-order valence-corrected chi connectivity index (χ0v) is 19.3. The van der Waals surface area contributed by atoms with E-state index >= 15 is 0 Å². The minimum Gasteiger partial charge on any atom is -0.497 e. The van der Waals surface area contributed by atoms with Crippen LogP contribution in [-0.2, 0) is 13.0 Å². The summed E-state index contributed by atoms with van der Waals surface area (Å²) in [6.45, 7) is 3.38. The minimum absolute atomic E-state index is 0.203. The first-order valence-electron chi connectivity index (χ1n) is 11.5. The average Bonchev–Trinajstić information content (AvgIpc) is 3.64. The third-order valence-corrected chi connectivity index (χ3v) is 6.11. The van der Waals surface area contributed by atoms with E-state index in [0.717, 1.165) is 48.4 Å². The Labute approximate surface area is 197 Å². The van der Waals surface area contributed by atoms with Gasteiger partial charge in [-0.05, 0) is 43.9 Å². The summed E-state index contributed by atoms with van der Waals surface area (Å²) >= 11 is 0. The lowest BCUT2D eigenvalue weighted by molar-refractivity contribution is 0.0528. The van der Waals surface area contributed by atoms with Gasteiger partial charge in [-0.3, -0.25) is 9.48 Å². The first-order valence-corrected chi connectivity index (χ1v) is 11.5. The van der Waals surface area contributed by atoms with Gasteiger partial charge in [0, 0.05) is 37.3 Å². The van der Waals surface area contributed by atoms with Crippen molar-refractivity contribution in [2.24, 2.45) is 0 Å². The van der Waals surface area contributed by atoms with Gasteiger partial charge in [-0.15, -0.1) is 0 Å². The molecule has 0 radical (unpaired) electrons. The predicted molar refractivity (Wildman–Crippen MR) is 123 cm³/mol. The Morgan fingerprint density at radius 1 is 1.24 bits per heavy atom. The van der Waals surface area contributed by atoms with E-state index in [2.05, 4.69) is 15.2 Å². The van der Waals surface area contributed by atoms with Crippen molar-refractivity contribution < 1.29 is 18.5 Å². The first-order chi connectivity index (χ1) is 16.6. The standard InChI is InChI=1S/C25H27N5O4/c1-3-29-16-18(14-27-29)21-13-23(34-28-21)25(31)30-10-5-4-9-22(30)24-26-15-20(33-24)12-17-7-6-8-19(11-17)32-2/h6-8,11,13-16,22H,3-5,9-10,12H2,1-2H3. The molecule has 1 atom stereocenters. The minimum atomic E-state index is -0.239. The summed E-state index contributed by atoms with van der Waals surface area (Å²) < 4.78 is 18.6. The molecule has 1 fully saturated rings. The SMILES string of the molecule is CCn1cc(-c2cc(C(=O)N3CCCCC3c3ncc(Cc4cccc(OC)c4)o3)on2)cn1. The zero-order chi connectivity index (χ0) is 23.5. The lowest BCUT2D eigenvalue weighted by Gasteiger charge is -2.32. The highest BCUT2D eigenvalue weighted by Gasteiger charge is 2.34. The topological polar surface area (TPSA) is 99.4 Å². The quantitative estimate of drug-likeness (QED) is 0.399. The maximum absolute atomic E-state index is 13.3. The number of methoxy groups -OCH3 is 1. The Balaban J connectivity index is 1.33. The van der Waals surface area contributed by atoms with Gasteiger partial charge < -0.3 is 18.6 Å². The molecule has 4 heterocycles. The Hall–Kier alpha value is -3.88. The summed E-state index contributed by atoms with van der Waals surface area (Å²) in [4.78, 5) is 19.6. The molecule has 9 heteroatoms. The Bertz CT molecular complexity index is 1270. The van der Waals surface area contributed by atoms with Crippen molar-refractivity contribution in [3.8, 4) is 17.0 Å². The van der Waals surface area contributed by atoms with E-state index < -0.39 is 0 Å². The number of nitrogens with zero attached hydrogens (tertiary/aromatic N) is 5. The van der Waals surface area contributed by atoms with Crippen molar-refractivity contribution in [3.05, 3.63) is 71.9 Å².